The molecule has 0 radical (unpaired) electrons. The summed E-state index contributed by atoms with van der Waals surface area (Å²) in [6.45, 7) is 8.54. The zero-order valence-electron chi connectivity index (χ0n) is 16.5. The van der Waals surface area contributed by atoms with Crippen molar-refractivity contribution in [2.24, 2.45) is 16.8 Å². The van der Waals surface area contributed by atoms with E-state index in [1.165, 1.54) is 31.9 Å². The van der Waals surface area contributed by atoms with E-state index in [4.69, 9.17) is 0 Å². The van der Waals surface area contributed by atoms with Crippen LogP contribution < -0.4 is 10.6 Å². The van der Waals surface area contributed by atoms with Gasteiger partial charge in [-0.05, 0) is 55.7 Å². The van der Waals surface area contributed by atoms with Gasteiger partial charge in [0.05, 0.1) is 11.4 Å². The van der Waals surface area contributed by atoms with E-state index in [0.717, 1.165) is 42.0 Å². The quantitative estimate of drug-likeness (QED) is 0.588. The van der Waals surface area contributed by atoms with E-state index in [1.807, 2.05) is 19.1 Å². The zero-order valence-corrected chi connectivity index (χ0v) is 17.3. The molecule has 2 rings (SSSR count). The molecular formula is C20H33N3O2S. The van der Waals surface area contributed by atoms with Gasteiger partial charge in [0, 0.05) is 19.3 Å². The number of nitrogens with one attached hydrogen (secondary N) is 2. The minimum absolute atomic E-state index is 0.390. The van der Waals surface area contributed by atoms with Crippen LogP contribution in [0.4, 0.5) is 0 Å². The van der Waals surface area contributed by atoms with Crippen molar-refractivity contribution >= 4 is 15.8 Å². The first-order valence-electron chi connectivity index (χ1n) is 9.61. The molecule has 1 saturated carbocycles. The molecule has 146 valence electrons. The molecule has 2 atom stereocenters. The standard InChI is InChI=1S/C20H33N3O2S/c1-5-21-20(22-13-17-8-6-7-15(2)11-17)23-14-18-9-10-19(16(3)12-18)26(4,24)25/h9-10,12,15,17H,5-8,11,13-14H2,1-4H3,(H2,21,22,23). The Bertz CT molecular complexity index is 729. The smallest absolute Gasteiger partial charge is 0.191 e. The van der Waals surface area contributed by atoms with Gasteiger partial charge in [0.2, 0.25) is 0 Å². The van der Waals surface area contributed by atoms with Gasteiger partial charge in [-0.2, -0.15) is 0 Å². The largest absolute Gasteiger partial charge is 0.357 e. The molecule has 6 heteroatoms. The van der Waals surface area contributed by atoms with Gasteiger partial charge in [0.1, 0.15) is 0 Å². The van der Waals surface area contributed by atoms with Crippen LogP contribution in [0.1, 0.15) is 50.7 Å². The molecule has 0 spiro atoms. The molecule has 5 nitrogen and oxygen atoms in total. The molecule has 0 aromatic heterocycles. The Morgan fingerprint density at radius 3 is 2.65 bits per heavy atom. The van der Waals surface area contributed by atoms with Crippen LogP contribution >= 0.6 is 0 Å². The third-order valence-corrected chi connectivity index (χ3v) is 6.26. The second-order valence-corrected chi connectivity index (χ2v) is 9.57. The van der Waals surface area contributed by atoms with Crippen LogP contribution in [0.5, 0.6) is 0 Å². The molecule has 2 N–H and O–H groups in total. The maximum absolute atomic E-state index is 11.7. The van der Waals surface area contributed by atoms with E-state index in [9.17, 15) is 8.42 Å². The number of hydrogen-bond acceptors (Lipinski definition) is 3. The van der Waals surface area contributed by atoms with Crippen molar-refractivity contribution < 1.29 is 8.42 Å². The topological polar surface area (TPSA) is 70.6 Å². The van der Waals surface area contributed by atoms with E-state index in [1.54, 1.807) is 6.07 Å². The number of nitrogens with zero attached hydrogens (tertiary/aromatic N) is 1. The Balaban J connectivity index is 1.98. The summed E-state index contributed by atoms with van der Waals surface area (Å²) in [5, 5.41) is 6.77. The van der Waals surface area contributed by atoms with Gasteiger partial charge in [0.25, 0.3) is 0 Å². The lowest BCUT2D eigenvalue weighted by molar-refractivity contribution is 0.282. The lowest BCUT2D eigenvalue weighted by Crippen LogP contribution is -2.40. The average molecular weight is 380 g/mol. The van der Waals surface area contributed by atoms with E-state index in [-0.39, 0.29) is 0 Å². The molecule has 1 aromatic carbocycles. The maximum Gasteiger partial charge on any atom is 0.191 e. The van der Waals surface area contributed by atoms with Crippen LogP contribution in [-0.2, 0) is 16.4 Å². The highest BCUT2D eigenvalue weighted by atomic mass is 32.2. The lowest BCUT2D eigenvalue weighted by atomic mass is 9.82. The second-order valence-electron chi connectivity index (χ2n) is 7.59. The lowest BCUT2D eigenvalue weighted by Gasteiger charge is -2.27. The maximum atomic E-state index is 11.7. The predicted molar refractivity (Wildman–Crippen MR) is 108 cm³/mol. The van der Waals surface area contributed by atoms with Crippen molar-refractivity contribution in [1.29, 1.82) is 0 Å². The minimum atomic E-state index is -3.18. The third-order valence-electron chi connectivity index (χ3n) is 5.01. The van der Waals surface area contributed by atoms with E-state index in [0.29, 0.717) is 11.4 Å². The summed E-state index contributed by atoms with van der Waals surface area (Å²) in [6, 6.07) is 5.44. The van der Waals surface area contributed by atoms with E-state index in [2.05, 4.69) is 29.5 Å². The summed E-state index contributed by atoms with van der Waals surface area (Å²) in [5.41, 5.74) is 1.78. The van der Waals surface area contributed by atoms with Crippen molar-refractivity contribution in [3.05, 3.63) is 29.3 Å². The van der Waals surface area contributed by atoms with Gasteiger partial charge in [-0.15, -0.1) is 0 Å². The Hall–Kier alpha value is -1.56. The van der Waals surface area contributed by atoms with E-state index < -0.39 is 9.84 Å². The molecule has 0 bridgehead atoms. The van der Waals surface area contributed by atoms with Gasteiger partial charge in [-0.1, -0.05) is 31.9 Å². The van der Waals surface area contributed by atoms with Crippen molar-refractivity contribution in [3.63, 3.8) is 0 Å². The van der Waals surface area contributed by atoms with Crippen molar-refractivity contribution in [2.75, 3.05) is 19.3 Å². The van der Waals surface area contributed by atoms with Gasteiger partial charge >= 0.3 is 0 Å². The first kappa shape index (κ1) is 20.7. The number of guanidine groups is 1. The first-order chi connectivity index (χ1) is 12.3. The van der Waals surface area contributed by atoms with Crippen LogP contribution in [0.2, 0.25) is 0 Å². The van der Waals surface area contributed by atoms with Gasteiger partial charge in [-0.3, -0.25) is 0 Å². The number of hydrogen-bond donors (Lipinski definition) is 2. The van der Waals surface area contributed by atoms with Crippen LogP contribution in [-0.4, -0.2) is 33.7 Å². The van der Waals surface area contributed by atoms with Crippen molar-refractivity contribution in [1.82, 2.24) is 10.6 Å². The first-order valence-corrected chi connectivity index (χ1v) is 11.5. The third kappa shape index (κ3) is 6.31. The molecule has 0 aliphatic heterocycles. The molecule has 1 aliphatic rings. The fraction of sp³-hybridized carbons (Fsp3) is 0.650. The normalized spacial score (nSPS) is 21.5. The van der Waals surface area contributed by atoms with Gasteiger partial charge < -0.3 is 10.6 Å². The predicted octanol–water partition coefficient (Wildman–Crippen LogP) is 3.28. The summed E-state index contributed by atoms with van der Waals surface area (Å²) in [7, 11) is -3.18. The molecule has 26 heavy (non-hydrogen) atoms. The SMILES string of the molecule is CCNC(=NCc1ccc(S(C)(=O)=O)c(C)c1)NCC1CCCC(C)C1. The fourth-order valence-electron chi connectivity index (χ4n) is 3.72. The number of benzene rings is 1. The van der Waals surface area contributed by atoms with Crippen LogP contribution in [0.25, 0.3) is 0 Å². The highest BCUT2D eigenvalue weighted by Gasteiger charge is 2.18. The molecule has 1 aromatic rings. The molecule has 0 heterocycles. The molecule has 2 unspecified atom stereocenters. The summed E-state index contributed by atoms with van der Waals surface area (Å²) in [6.07, 6.45) is 6.51. The fourth-order valence-corrected chi connectivity index (χ4v) is 4.68. The number of aryl methyl sites for hydroxylation is 1. The monoisotopic (exact) mass is 379 g/mol. The van der Waals surface area contributed by atoms with Crippen LogP contribution in [0.15, 0.2) is 28.1 Å². The Morgan fingerprint density at radius 2 is 2.04 bits per heavy atom. The average Bonchev–Trinajstić information content (AvgIpc) is 2.56. The van der Waals surface area contributed by atoms with Crippen LogP contribution in [0, 0.1) is 18.8 Å². The molecule has 1 fully saturated rings. The molecule has 0 amide bonds. The van der Waals surface area contributed by atoms with Gasteiger partial charge in [-0.25, -0.2) is 13.4 Å². The summed E-state index contributed by atoms with van der Waals surface area (Å²) in [5.74, 6) is 2.38. The molecular weight excluding hydrogens is 346 g/mol. The second kappa shape index (κ2) is 9.40. The number of sulfone groups is 1. The van der Waals surface area contributed by atoms with Crippen LogP contribution in [0.3, 0.4) is 0 Å². The van der Waals surface area contributed by atoms with Crippen molar-refractivity contribution in [3.8, 4) is 0 Å². The summed E-state index contributed by atoms with van der Waals surface area (Å²) in [4.78, 5) is 5.06. The highest BCUT2D eigenvalue weighted by Crippen LogP contribution is 2.27. The van der Waals surface area contributed by atoms with Crippen molar-refractivity contribution in [2.45, 2.75) is 57.9 Å². The van der Waals surface area contributed by atoms with E-state index >= 15 is 0 Å². The number of rotatable bonds is 6. The summed E-state index contributed by atoms with van der Waals surface area (Å²) < 4.78 is 23.5. The zero-order chi connectivity index (χ0) is 19.2. The minimum Gasteiger partial charge on any atom is -0.357 e. The highest BCUT2D eigenvalue weighted by molar-refractivity contribution is 7.90. The Labute approximate surface area is 158 Å². The number of aliphatic imine (C=N–C) groups is 1. The summed E-state index contributed by atoms with van der Waals surface area (Å²) >= 11 is 0. The Kier molecular flexibility index (Phi) is 7.50. The molecule has 0 saturated heterocycles. The molecule has 1 aliphatic carbocycles. The Morgan fingerprint density at radius 1 is 1.27 bits per heavy atom. The van der Waals surface area contributed by atoms with Gasteiger partial charge in [0.15, 0.2) is 15.8 Å².